The van der Waals surface area contributed by atoms with Crippen LogP contribution >= 0.6 is 11.6 Å². The topological polar surface area (TPSA) is 88.6 Å². The van der Waals surface area contributed by atoms with Crippen molar-refractivity contribution in [2.75, 3.05) is 25.5 Å². The molecule has 0 amide bonds. The van der Waals surface area contributed by atoms with E-state index < -0.39 is 17.5 Å². The molecule has 170 valence electrons. The second-order valence-electron chi connectivity index (χ2n) is 7.71. The lowest BCUT2D eigenvalue weighted by Gasteiger charge is -2.32. The Morgan fingerprint density at radius 2 is 2.09 bits per heavy atom. The molecule has 0 aliphatic carbocycles. The number of imidazole rings is 1. The monoisotopic (exact) mass is 466 g/mol. The summed E-state index contributed by atoms with van der Waals surface area (Å²) in [7, 11) is 2.05. The molecule has 1 aliphatic heterocycles. The zero-order valence-electron chi connectivity index (χ0n) is 17.2. The number of hydrogen-bond acceptors (Lipinski definition) is 5. The third kappa shape index (κ3) is 4.52. The van der Waals surface area contributed by atoms with Crippen LogP contribution in [0.4, 0.5) is 24.8 Å². The summed E-state index contributed by atoms with van der Waals surface area (Å²) in [5.74, 6) is -2.83. The van der Waals surface area contributed by atoms with Gasteiger partial charge in [-0.2, -0.15) is 0 Å². The van der Waals surface area contributed by atoms with Gasteiger partial charge in [0.25, 0.3) is 0 Å². The molecular formula is C21H22ClF3N6O. The van der Waals surface area contributed by atoms with Gasteiger partial charge in [0, 0.05) is 18.2 Å². The number of hydroxylamine groups is 1. The van der Waals surface area contributed by atoms with Crippen molar-refractivity contribution in [3.63, 3.8) is 0 Å². The summed E-state index contributed by atoms with van der Waals surface area (Å²) in [6, 6.07) is 4.87. The summed E-state index contributed by atoms with van der Waals surface area (Å²) < 4.78 is 42.2. The molecule has 0 spiro atoms. The molecule has 3 aromatic rings. The first-order valence-corrected chi connectivity index (χ1v) is 10.5. The number of nitrogens with one attached hydrogen (secondary N) is 3. The number of anilines is 1. The van der Waals surface area contributed by atoms with E-state index in [1.54, 1.807) is 0 Å². The Bertz CT molecular complexity index is 1170. The maximum absolute atomic E-state index is 14.5. The summed E-state index contributed by atoms with van der Waals surface area (Å²) in [6.45, 7) is 1.59. The Labute approximate surface area is 187 Å². The van der Waals surface area contributed by atoms with Crippen molar-refractivity contribution in [1.82, 2.24) is 20.3 Å². The Kier molecular flexibility index (Phi) is 6.54. The number of halogens is 4. The lowest BCUT2D eigenvalue weighted by Crippen LogP contribution is -2.40. The first-order valence-electron chi connectivity index (χ1n) is 10.1. The fourth-order valence-corrected chi connectivity index (χ4v) is 3.99. The molecule has 1 fully saturated rings. The predicted octanol–water partition coefficient (Wildman–Crippen LogP) is 4.59. The van der Waals surface area contributed by atoms with Gasteiger partial charge >= 0.3 is 0 Å². The van der Waals surface area contributed by atoms with E-state index in [2.05, 4.69) is 32.2 Å². The van der Waals surface area contributed by atoms with Crippen LogP contribution in [0.25, 0.3) is 11.0 Å². The highest BCUT2D eigenvalue weighted by molar-refractivity contribution is 6.31. The second kappa shape index (κ2) is 9.35. The molecule has 32 heavy (non-hydrogen) atoms. The highest BCUT2D eigenvalue weighted by Gasteiger charge is 2.22. The van der Waals surface area contributed by atoms with E-state index in [1.165, 1.54) is 12.1 Å². The van der Waals surface area contributed by atoms with Gasteiger partial charge in [0.1, 0.15) is 11.3 Å². The van der Waals surface area contributed by atoms with Crippen LogP contribution in [0.3, 0.4) is 0 Å². The van der Waals surface area contributed by atoms with E-state index in [-0.39, 0.29) is 39.1 Å². The zero-order valence-corrected chi connectivity index (χ0v) is 18.0. The molecule has 2 aromatic carbocycles. The molecule has 0 saturated carbocycles. The molecule has 11 heteroatoms. The number of aromatic nitrogens is 2. The summed E-state index contributed by atoms with van der Waals surface area (Å²) in [4.78, 5) is 13.5. The number of hydrogen-bond donors (Lipinski definition) is 4. The molecule has 4 N–H and O–H groups in total. The third-order valence-corrected chi connectivity index (χ3v) is 5.88. The quantitative estimate of drug-likeness (QED) is 0.251. The number of rotatable bonds is 5. The smallest absolute Gasteiger partial charge is 0.201 e. The number of likely N-dealkylation sites (N-methyl/N-ethyl adjacent to an activating group) is 1. The van der Waals surface area contributed by atoms with Crippen LogP contribution in [-0.2, 0) is 0 Å². The minimum Gasteiger partial charge on any atom is -0.354 e. The molecule has 1 atom stereocenters. The number of nitrogens with zero attached hydrogens (tertiary/aromatic N) is 3. The summed E-state index contributed by atoms with van der Waals surface area (Å²) >= 11 is 5.78. The standard InChI is InChI=1S/C21H22ClF3N6O/c1-31-7-3-2-4-12(31)10-26-21-28-18-13(9-16(24)17(25)19(18)29-21)20(30-32)27-11-5-6-15(23)14(22)8-11/h5-6,8-9,12,32H,2-4,7,10H2,1H3,(H,27,30)(H2,26,28,29). The number of H-pyrrole nitrogens is 1. The number of piperidine rings is 1. The first-order chi connectivity index (χ1) is 15.4. The van der Waals surface area contributed by atoms with Crippen LogP contribution in [-0.4, -0.2) is 52.1 Å². The normalized spacial score (nSPS) is 17.7. The number of fused-ring (bicyclic) bond motifs is 1. The molecule has 0 radical (unpaired) electrons. The van der Waals surface area contributed by atoms with E-state index in [1.807, 2.05) is 5.48 Å². The van der Waals surface area contributed by atoms with Crippen molar-refractivity contribution in [2.45, 2.75) is 25.3 Å². The predicted molar refractivity (Wildman–Crippen MR) is 117 cm³/mol. The average molecular weight is 467 g/mol. The van der Waals surface area contributed by atoms with Crippen LogP contribution in [0.1, 0.15) is 24.8 Å². The van der Waals surface area contributed by atoms with Crippen molar-refractivity contribution in [3.05, 3.63) is 52.3 Å². The Morgan fingerprint density at radius 1 is 1.28 bits per heavy atom. The number of benzene rings is 2. The van der Waals surface area contributed by atoms with E-state index >= 15 is 0 Å². The number of amidine groups is 1. The fourth-order valence-electron chi connectivity index (χ4n) is 3.82. The third-order valence-electron chi connectivity index (χ3n) is 5.59. The van der Waals surface area contributed by atoms with Crippen molar-refractivity contribution < 1.29 is 18.4 Å². The average Bonchev–Trinajstić information content (AvgIpc) is 3.21. The van der Waals surface area contributed by atoms with Gasteiger partial charge in [-0.05, 0) is 50.7 Å². The minimum absolute atomic E-state index is 0.0391. The highest BCUT2D eigenvalue weighted by Crippen LogP contribution is 2.27. The maximum atomic E-state index is 14.5. The van der Waals surface area contributed by atoms with Gasteiger partial charge in [0.2, 0.25) is 5.95 Å². The molecule has 4 rings (SSSR count). The molecular weight excluding hydrogens is 445 g/mol. The van der Waals surface area contributed by atoms with Gasteiger partial charge < -0.3 is 15.2 Å². The van der Waals surface area contributed by atoms with Crippen molar-refractivity contribution in [3.8, 4) is 0 Å². The van der Waals surface area contributed by atoms with Crippen molar-refractivity contribution in [1.29, 1.82) is 0 Å². The largest absolute Gasteiger partial charge is 0.354 e. The summed E-state index contributed by atoms with van der Waals surface area (Å²) in [6.07, 6.45) is 3.32. The van der Waals surface area contributed by atoms with Gasteiger partial charge in [-0.1, -0.05) is 18.0 Å². The first kappa shape index (κ1) is 22.4. The van der Waals surface area contributed by atoms with Gasteiger partial charge in [-0.25, -0.2) is 23.1 Å². The fraction of sp³-hybridized carbons (Fsp3) is 0.333. The second-order valence-corrected chi connectivity index (χ2v) is 8.12. The Morgan fingerprint density at radius 3 is 2.81 bits per heavy atom. The van der Waals surface area contributed by atoms with E-state index in [0.717, 1.165) is 37.9 Å². The molecule has 0 bridgehead atoms. The number of likely N-dealkylation sites (tertiary alicyclic amines) is 1. The van der Waals surface area contributed by atoms with Crippen LogP contribution < -0.4 is 10.8 Å². The maximum Gasteiger partial charge on any atom is 0.201 e. The van der Waals surface area contributed by atoms with Crippen LogP contribution in [0, 0.1) is 17.5 Å². The van der Waals surface area contributed by atoms with Gasteiger partial charge in [-0.15, -0.1) is 0 Å². The van der Waals surface area contributed by atoms with Crippen LogP contribution in [0.2, 0.25) is 5.02 Å². The van der Waals surface area contributed by atoms with Crippen molar-refractivity contribution in [2.24, 2.45) is 4.99 Å². The summed E-state index contributed by atoms with van der Waals surface area (Å²) in [5.41, 5.74) is 2.02. The SMILES string of the molecule is CN1CCCCC1CNc1nc2c(F)c(F)cc(C(=Nc3ccc(F)c(Cl)c3)NO)c2[nH]1. The van der Waals surface area contributed by atoms with Crippen molar-refractivity contribution >= 4 is 40.1 Å². The number of aliphatic imine (C=N–C) groups is 1. The lowest BCUT2D eigenvalue weighted by atomic mass is 10.0. The van der Waals surface area contributed by atoms with Gasteiger partial charge in [0.15, 0.2) is 17.5 Å². The minimum atomic E-state index is -1.15. The number of aromatic amines is 1. The molecule has 1 unspecified atom stereocenters. The van der Waals surface area contributed by atoms with E-state index in [4.69, 9.17) is 11.6 Å². The van der Waals surface area contributed by atoms with Crippen LogP contribution in [0.15, 0.2) is 29.3 Å². The van der Waals surface area contributed by atoms with Gasteiger partial charge in [-0.3, -0.25) is 10.7 Å². The Hall–Kier alpha value is -2.82. The molecule has 7 nitrogen and oxygen atoms in total. The van der Waals surface area contributed by atoms with Gasteiger partial charge in [0.05, 0.1) is 16.2 Å². The zero-order chi connectivity index (χ0) is 22.8. The summed E-state index contributed by atoms with van der Waals surface area (Å²) in [5, 5.41) is 12.6. The van der Waals surface area contributed by atoms with E-state index in [0.29, 0.717) is 12.6 Å². The highest BCUT2D eigenvalue weighted by atomic mass is 35.5. The molecule has 2 heterocycles. The Balaban J connectivity index is 1.69. The molecule has 1 saturated heterocycles. The molecule has 1 aromatic heterocycles. The lowest BCUT2D eigenvalue weighted by molar-refractivity contribution is 0.194. The van der Waals surface area contributed by atoms with Crippen LogP contribution in [0.5, 0.6) is 0 Å². The molecule has 1 aliphatic rings. The van der Waals surface area contributed by atoms with E-state index in [9.17, 15) is 18.4 Å².